The van der Waals surface area contributed by atoms with Crippen LogP contribution in [0.1, 0.15) is 20.3 Å². The van der Waals surface area contributed by atoms with Crippen LogP contribution in [0.4, 0.5) is 5.69 Å². The number of rotatable bonds is 5. The lowest BCUT2D eigenvalue weighted by molar-refractivity contribution is -0.125. The lowest BCUT2D eigenvalue weighted by Crippen LogP contribution is -2.42. The molecule has 138 valence electrons. The normalized spacial score (nSPS) is 17.8. The Balaban J connectivity index is 2.30. The van der Waals surface area contributed by atoms with Gasteiger partial charge in [-0.25, -0.2) is 12.7 Å². The minimum absolute atomic E-state index is 0.0139. The number of carbonyl (C=O) groups excluding carboxylic acids is 2. The third kappa shape index (κ3) is 4.16. The molecule has 0 radical (unpaired) electrons. The Hall–Kier alpha value is -1.58. The summed E-state index contributed by atoms with van der Waals surface area (Å²) >= 11 is 1.29. The number of hydrogen-bond donors (Lipinski definition) is 1. The zero-order chi connectivity index (χ0) is 18.9. The van der Waals surface area contributed by atoms with E-state index >= 15 is 0 Å². The first kappa shape index (κ1) is 19.7. The first-order valence-electron chi connectivity index (χ1n) is 7.84. The molecule has 0 aromatic heterocycles. The summed E-state index contributed by atoms with van der Waals surface area (Å²) in [7, 11) is 0.942. The summed E-state index contributed by atoms with van der Waals surface area (Å²) in [6, 6.07) is 4.72. The van der Waals surface area contributed by atoms with Gasteiger partial charge in [0.05, 0.1) is 15.8 Å². The molecule has 2 amide bonds. The molecule has 25 heavy (non-hydrogen) atoms. The fraction of sp³-hybridized carbons (Fsp3) is 0.500. The molecule has 0 saturated carbocycles. The summed E-state index contributed by atoms with van der Waals surface area (Å²) in [5, 5.41) is 2.26. The van der Waals surface area contributed by atoms with Gasteiger partial charge in [0.25, 0.3) is 0 Å². The van der Waals surface area contributed by atoms with Crippen LogP contribution in [0.15, 0.2) is 28.0 Å². The zero-order valence-corrected chi connectivity index (χ0v) is 16.6. The van der Waals surface area contributed by atoms with E-state index in [0.717, 1.165) is 9.20 Å². The van der Waals surface area contributed by atoms with Gasteiger partial charge in [-0.2, -0.15) is 0 Å². The number of nitrogens with zero attached hydrogens (tertiary/aromatic N) is 2. The van der Waals surface area contributed by atoms with Gasteiger partial charge in [-0.1, -0.05) is 0 Å². The Morgan fingerprint density at radius 1 is 1.36 bits per heavy atom. The Morgan fingerprint density at radius 3 is 2.56 bits per heavy atom. The van der Waals surface area contributed by atoms with Crippen molar-refractivity contribution < 1.29 is 18.0 Å². The van der Waals surface area contributed by atoms with Crippen molar-refractivity contribution in [3.8, 4) is 0 Å². The lowest BCUT2D eigenvalue weighted by Gasteiger charge is -2.31. The third-order valence-electron chi connectivity index (χ3n) is 3.77. The fourth-order valence-corrected chi connectivity index (χ4v) is 4.63. The molecule has 1 aliphatic rings. The molecule has 1 aliphatic heterocycles. The molecule has 0 saturated heterocycles. The summed E-state index contributed by atoms with van der Waals surface area (Å²) in [4.78, 5) is 26.9. The van der Waals surface area contributed by atoms with Crippen LogP contribution in [-0.2, 0) is 19.6 Å². The van der Waals surface area contributed by atoms with Gasteiger partial charge in [0.15, 0.2) is 0 Å². The fourth-order valence-electron chi connectivity index (χ4n) is 2.45. The molecule has 1 aromatic carbocycles. The first-order chi connectivity index (χ1) is 11.5. The Morgan fingerprint density at radius 2 is 2.00 bits per heavy atom. The smallest absolute Gasteiger partial charge is 0.242 e. The number of nitrogens with one attached hydrogen (secondary N) is 1. The van der Waals surface area contributed by atoms with Gasteiger partial charge < -0.3 is 10.2 Å². The van der Waals surface area contributed by atoms with Crippen molar-refractivity contribution in [2.24, 2.45) is 0 Å². The van der Waals surface area contributed by atoms with E-state index in [4.69, 9.17) is 0 Å². The lowest BCUT2D eigenvalue weighted by atomic mass is 10.2. The monoisotopic (exact) mass is 385 g/mol. The highest BCUT2D eigenvalue weighted by Gasteiger charge is 2.34. The maximum Gasteiger partial charge on any atom is 0.242 e. The summed E-state index contributed by atoms with van der Waals surface area (Å²) in [6.07, 6.45) is 0.0865. The van der Waals surface area contributed by atoms with Crippen LogP contribution in [0, 0.1) is 0 Å². The largest absolute Gasteiger partial charge is 0.354 e. The summed E-state index contributed by atoms with van der Waals surface area (Å²) in [5.41, 5.74) is 0.540. The highest BCUT2D eigenvalue weighted by atomic mass is 32.2. The number of anilines is 1. The van der Waals surface area contributed by atoms with Gasteiger partial charge in [-0.3, -0.25) is 9.59 Å². The summed E-state index contributed by atoms with van der Waals surface area (Å²) < 4.78 is 25.7. The average Bonchev–Trinajstić information content (AvgIpc) is 2.51. The van der Waals surface area contributed by atoms with E-state index in [9.17, 15) is 18.0 Å². The number of fused-ring (bicyclic) bond motifs is 1. The van der Waals surface area contributed by atoms with E-state index in [-0.39, 0.29) is 29.2 Å². The van der Waals surface area contributed by atoms with Crippen LogP contribution in [0.3, 0.4) is 0 Å². The van der Waals surface area contributed by atoms with Crippen molar-refractivity contribution in [2.75, 3.05) is 26.0 Å². The molecule has 1 aromatic rings. The van der Waals surface area contributed by atoms with E-state index in [1.165, 1.54) is 42.9 Å². The van der Waals surface area contributed by atoms with Gasteiger partial charge >= 0.3 is 0 Å². The van der Waals surface area contributed by atoms with Crippen molar-refractivity contribution in [3.63, 3.8) is 0 Å². The number of thioether (sulfide) groups is 1. The first-order valence-corrected chi connectivity index (χ1v) is 10.2. The maximum atomic E-state index is 12.6. The molecular weight excluding hydrogens is 362 g/mol. The molecule has 1 atom stereocenters. The van der Waals surface area contributed by atoms with Crippen molar-refractivity contribution >= 4 is 39.3 Å². The quantitative estimate of drug-likeness (QED) is 0.825. The van der Waals surface area contributed by atoms with E-state index in [1.807, 2.05) is 13.8 Å². The van der Waals surface area contributed by atoms with E-state index < -0.39 is 15.3 Å². The molecule has 7 nitrogen and oxygen atoms in total. The van der Waals surface area contributed by atoms with Crippen LogP contribution in [0.2, 0.25) is 0 Å². The van der Waals surface area contributed by atoms with Gasteiger partial charge in [0, 0.05) is 38.5 Å². The van der Waals surface area contributed by atoms with Crippen molar-refractivity contribution in [3.05, 3.63) is 18.2 Å². The number of benzene rings is 1. The summed E-state index contributed by atoms with van der Waals surface area (Å²) in [5.74, 6) is -0.389. The van der Waals surface area contributed by atoms with Crippen LogP contribution in [-0.4, -0.2) is 57.0 Å². The van der Waals surface area contributed by atoms with Gasteiger partial charge in [0.1, 0.15) is 0 Å². The van der Waals surface area contributed by atoms with Crippen LogP contribution < -0.4 is 10.2 Å². The standard InChI is InChI=1S/C16H23N3O4S2/c1-10(2)17-15(20)9-14-16(21)19(5)12-8-11(6-7-13(12)24-14)25(22,23)18(3)4/h6-8,10,14H,9H2,1-5H3,(H,17,20). The molecular formula is C16H23N3O4S2. The predicted octanol–water partition coefficient (Wildman–Crippen LogP) is 1.29. The van der Waals surface area contributed by atoms with E-state index in [2.05, 4.69) is 5.32 Å². The second-order valence-corrected chi connectivity index (χ2v) is 9.74. The molecule has 1 unspecified atom stereocenters. The zero-order valence-electron chi connectivity index (χ0n) is 14.9. The highest BCUT2D eigenvalue weighted by molar-refractivity contribution is 8.01. The molecule has 0 spiro atoms. The Kier molecular flexibility index (Phi) is 5.80. The summed E-state index contributed by atoms with van der Waals surface area (Å²) in [6.45, 7) is 3.73. The molecule has 9 heteroatoms. The average molecular weight is 386 g/mol. The third-order valence-corrected chi connectivity index (χ3v) is 6.83. The van der Waals surface area contributed by atoms with E-state index in [1.54, 1.807) is 13.1 Å². The highest BCUT2D eigenvalue weighted by Crippen LogP contribution is 2.41. The second kappa shape index (κ2) is 7.35. The minimum atomic E-state index is -3.58. The molecule has 2 rings (SSSR count). The van der Waals surface area contributed by atoms with E-state index in [0.29, 0.717) is 5.69 Å². The molecule has 0 fully saturated rings. The Labute approximate surface area is 152 Å². The van der Waals surface area contributed by atoms with Crippen LogP contribution in [0.25, 0.3) is 0 Å². The van der Waals surface area contributed by atoms with Crippen LogP contribution >= 0.6 is 11.8 Å². The number of hydrogen-bond acceptors (Lipinski definition) is 5. The van der Waals surface area contributed by atoms with Gasteiger partial charge in [-0.05, 0) is 32.0 Å². The van der Waals surface area contributed by atoms with Gasteiger partial charge in [-0.15, -0.1) is 11.8 Å². The molecule has 0 aliphatic carbocycles. The van der Waals surface area contributed by atoms with Crippen molar-refractivity contribution in [1.29, 1.82) is 0 Å². The van der Waals surface area contributed by atoms with Crippen LogP contribution in [0.5, 0.6) is 0 Å². The van der Waals surface area contributed by atoms with Crippen molar-refractivity contribution in [2.45, 2.75) is 41.4 Å². The maximum absolute atomic E-state index is 12.6. The molecule has 1 N–H and O–H groups in total. The topological polar surface area (TPSA) is 86.8 Å². The van der Waals surface area contributed by atoms with Gasteiger partial charge in [0.2, 0.25) is 21.8 Å². The molecule has 0 bridgehead atoms. The van der Waals surface area contributed by atoms with Crippen molar-refractivity contribution in [1.82, 2.24) is 9.62 Å². The second-order valence-electron chi connectivity index (χ2n) is 6.35. The number of amides is 2. The predicted molar refractivity (Wildman–Crippen MR) is 98.3 cm³/mol. The SMILES string of the molecule is CC(C)NC(=O)CC1Sc2ccc(S(=O)(=O)N(C)C)cc2N(C)C1=O. The Bertz CT molecular complexity index is 791. The molecule has 1 heterocycles. The minimum Gasteiger partial charge on any atom is -0.354 e. The number of carbonyl (C=O) groups is 2. The number of sulfonamides is 1.